The summed E-state index contributed by atoms with van der Waals surface area (Å²) < 4.78 is 18.9. The second-order valence-electron chi connectivity index (χ2n) is 14.2. The third-order valence-electron chi connectivity index (χ3n) is 10.8. The van der Waals surface area contributed by atoms with E-state index >= 15 is 0 Å². The van der Waals surface area contributed by atoms with Gasteiger partial charge in [0.15, 0.2) is 11.9 Å². The van der Waals surface area contributed by atoms with Crippen LogP contribution in [0.25, 0.3) is 32.9 Å². The van der Waals surface area contributed by atoms with Crippen molar-refractivity contribution in [1.29, 1.82) is 0 Å². The summed E-state index contributed by atoms with van der Waals surface area (Å²) in [5.74, 6) is 1.26. The zero-order chi connectivity index (χ0) is 32.8. The van der Waals surface area contributed by atoms with Crippen molar-refractivity contribution >= 4 is 46.8 Å². The number of hydrogen-bond donors (Lipinski definition) is 2. The predicted octanol–water partition coefficient (Wildman–Crippen LogP) is 5.87. The summed E-state index contributed by atoms with van der Waals surface area (Å²) in [7, 11) is 1.03. The first kappa shape index (κ1) is 30.7. The lowest BCUT2D eigenvalue weighted by molar-refractivity contribution is -0.137. The molecule has 0 spiro atoms. The number of hydrogen-bond acceptors (Lipinski definition) is 7. The van der Waals surface area contributed by atoms with Crippen molar-refractivity contribution in [2.24, 2.45) is 5.92 Å². The van der Waals surface area contributed by atoms with Crippen LogP contribution in [0.4, 0.5) is 4.79 Å². The van der Waals surface area contributed by atoms with Crippen LogP contribution in [0.3, 0.4) is 0 Å². The molecule has 10 nitrogen and oxygen atoms in total. The largest absolute Gasteiger partial charge is 0.494 e. The smallest absolute Gasteiger partial charge is 0.488 e. The molecule has 0 saturated carbocycles. The molecule has 46 heavy (non-hydrogen) atoms. The molecule has 4 aromatic rings. The number of nitrogens with one attached hydrogen (secondary N) is 1. The quantitative estimate of drug-likeness (QED) is 0.202. The lowest BCUT2D eigenvalue weighted by Crippen LogP contribution is -2.65. The van der Waals surface area contributed by atoms with Crippen molar-refractivity contribution in [3.8, 4) is 16.9 Å². The van der Waals surface area contributed by atoms with E-state index in [1.807, 2.05) is 24.8 Å². The number of imidazole rings is 1. The number of ether oxygens (including phenoxy) is 1. The molecule has 2 N–H and O–H groups in total. The topological polar surface area (TPSA) is 117 Å². The molecule has 3 aromatic carbocycles. The predicted molar refractivity (Wildman–Crippen MR) is 177 cm³/mol. The number of carbonyl (C=O) groups excluding carboxylic acids is 1. The lowest BCUT2D eigenvalue weighted by Gasteiger charge is -2.47. The van der Waals surface area contributed by atoms with Crippen LogP contribution in [-0.2, 0) is 20.7 Å². The van der Waals surface area contributed by atoms with E-state index in [-0.39, 0.29) is 12.0 Å². The fourth-order valence-electron chi connectivity index (χ4n) is 7.44. The number of aromatic nitrogens is 2. The molecule has 0 radical (unpaired) electrons. The summed E-state index contributed by atoms with van der Waals surface area (Å²) in [5, 5.41) is 11.9. The van der Waals surface area contributed by atoms with Crippen molar-refractivity contribution in [3.63, 3.8) is 0 Å². The number of carbonyl (C=O) groups is 2. The SMILES string of the molecule is CC(C)[C@@](C=O)(N(C)C(=O)O)N1CCCC1c1nc2c(ccc3cc4c(cc32)OCc2cc(B3OC(C)(C)C(C)(C)O3)ccc2-4)[nH]1. The van der Waals surface area contributed by atoms with Gasteiger partial charge in [0.05, 0.1) is 28.3 Å². The van der Waals surface area contributed by atoms with E-state index in [0.29, 0.717) is 13.2 Å². The zero-order valence-corrected chi connectivity index (χ0v) is 27.5. The molecule has 240 valence electrons. The first-order valence-electron chi connectivity index (χ1n) is 16.1. The number of nitrogens with zero attached hydrogens (tertiary/aromatic N) is 3. The van der Waals surface area contributed by atoms with Gasteiger partial charge in [-0.2, -0.15) is 0 Å². The van der Waals surface area contributed by atoms with E-state index in [9.17, 15) is 14.7 Å². The minimum atomic E-state index is -1.31. The number of aromatic amines is 1. The maximum absolute atomic E-state index is 12.7. The van der Waals surface area contributed by atoms with Crippen LogP contribution in [0.2, 0.25) is 0 Å². The number of likely N-dealkylation sites (tertiary alicyclic amines) is 1. The Labute approximate surface area is 269 Å². The highest BCUT2D eigenvalue weighted by Crippen LogP contribution is 2.44. The molecule has 3 aliphatic rings. The molecule has 7 rings (SSSR count). The van der Waals surface area contributed by atoms with E-state index in [4.69, 9.17) is 19.0 Å². The van der Waals surface area contributed by atoms with Crippen molar-refractivity contribution in [1.82, 2.24) is 19.8 Å². The van der Waals surface area contributed by atoms with Gasteiger partial charge in [0, 0.05) is 24.5 Å². The Hall–Kier alpha value is -3.93. The van der Waals surface area contributed by atoms with Crippen LogP contribution >= 0.6 is 0 Å². The van der Waals surface area contributed by atoms with E-state index in [0.717, 1.165) is 79.6 Å². The van der Waals surface area contributed by atoms with E-state index in [1.54, 1.807) is 0 Å². The Balaban J connectivity index is 1.25. The minimum absolute atomic E-state index is 0.240. The Morgan fingerprint density at radius 1 is 1.13 bits per heavy atom. The monoisotopic (exact) mass is 624 g/mol. The number of H-pyrrole nitrogens is 1. The third kappa shape index (κ3) is 4.46. The Bertz CT molecular complexity index is 1870. The summed E-state index contributed by atoms with van der Waals surface area (Å²) in [6.07, 6.45) is 1.23. The third-order valence-corrected chi connectivity index (χ3v) is 10.8. The standard InChI is InChI=1S/C35H41BN4O6/c1-20(2)35(19-41,39(7)32(42)43)40-14-8-9-28(40)31-37-27-13-10-21-16-26-24-12-11-23(36-45-33(3,4)34(5,6)46-36)15-22(24)18-44-29(26)17-25(21)30(27)38-31/h10-13,15-17,19-20,28H,8-9,14,18H2,1-7H3,(H,37,38)(H,42,43)/t28?,35-/m0/s1. The van der Waals surface area contributed by atoms with Crippen LogP contribution in [-0.4, -0.2) is 74.8 Å². The van der Waals surface area contributed by atoms with Gasteiger partial charge in [-0.25, -0.2) is 9.78 Å². The van der Waals surface area contributed by atoms with Crippen LogP contribution < -0.4 is 10.2 Å². The summed E-state index contributed by atoms with van der Waals surface area (Å²) >= 11 is 0. The summed E-state index contributed by atoms with van der Waals surface area (Å²) in [6.45, 7) is 13.0. The molecule has 11 heteroatoms. The molecule has 2 atom stereocenters. The van der Waals surface area contributed by atoms with Crippen molar-refractivity contribution in [2.45, 2.75) is 83.9 Å². The normalized spacial score (nSPS) is 21.7. The number of aldehydes is 1. The van der Waals surface area contributed by atoms with E-state index < -0.39 is 30.1 Å². The highest BCUT2D eigenvalue weighted by molar-refractivity contribution is 6.62. The molecule has 0 aliphatic carbocycles. The molecular weight excluding hydrogens is 583 g/mol. The Kier molecular flexibility index (Phi) is 7.04. The highest BCUT2D eigenvalue weighted by atomic mass is 16.7. The van der Waals surface area contributed by atoms with Gasteiger partial charge in [-0.3, -0.25) is 14.6 Å². The summed E-state index contributed by atoms with van der Waals surface area (Å²) in [4.78, 5) is 36.5. The molecule has 1 amide bonds. The number of fused-ring (bicyclic) bond motifs is 6. The average Bonchev–Trinajstić information content (AvgIpc) is 3.72. The van der Waals surface area contributed by atoms with Crippen molar-refractivity contribution < 1.29 is 28.7 Å². The first-order valence-corrected chi connectivity index (χ1v) is 16.1. The molecule has 2 saturated heterocycles. The summed E-state index contributed by atoms with van der Waals surface area (Å²) in [6, 6.07) is 14.4. The zero-order valence-electron chi connectivity index (χ0n) is 27.5. The second kappa shape index (κ2) is 10.5. The molecular formula is C35H41BN4O6. The van der Waals surface area contributed by atoms with Crippen LogP contribution in [0, 0.1) is 5.92 Å². The van der Waals surface area contributed by atoms with Gasteiger partial charge < -0.3 is 24.1 Å². The maximum atomic E-state index is 12.7. The fourth-order valence-corrected chi connectivity index (χ4v) is 7.44. The number of benzene rings is 3. The highest BCUT2D eigenvalue weighted by Gasteiger charge is 2.52. The van der Waals surface area contributed by atoms with Gasteiger partial charge in [0.2, 0.25) is 0 Å². The molecule has 3 aliphatic heterocycles. The molecule has 0 bridgehead atoms. The van der Waals surface area contributed by atoms with E-state index in [1.165, 1.54) is 7.05 Å². The summed E-state index contributed by atoms with van der Waals surface area (Å²) in [5.41, 5.74) is 3.77. The van der Waals surface area contributed by atoms with Crippen molar-refractivity contribution in [2.75, 3.05) is 13.6 Å². The first-order chi connectivity index (χ1) is 21.8. The van der Waals surface area contributed by atoms with E-state index in [2.05, 4.69) is 69.1 Å². The van der Waals surface area contributed by atoms with Crippen LogP contribution in [0.15, 0.2) is 42.5 Å². The van der Waals surface area contributed by atoms with Crippen LogP contribution in [0.5, 0.6) is 5.75 Å². The van der Waals surface area contributed by atoms with Gasteiger partial charge in [0.1, 0.15) is 18.2 Å². The number of likely N-dealkylation sites (N-methyl/N-ethyl adjacent to an activating group) is 1. The van der Waals surface area contributed by atoms with Gasteiger partial charge in [0.25, 0.3) is 0 Å². The van der Waals surface area contributed by atoms with Gasteiger partial charge in [-0.05, 0) is 86.6 Å². The van der Waals surface area contributed by atoms with Crippen LogP contribution in [0.1, 0.15) is 71.8 Å². The maximum Gasteiger partial charge on any atom is 0.494 e. The Morgan fingerprint density at radius 3 is 2.54 bits per heavy atom. The molecule has 1 aromatic heterocycles. The van der Waals surface area contributed by atoms with Gasteiger partial charge in [-0.1, -0.05) is 38.1 Å². The van der Waals surface area contributed by atoms with Gasteiger partial charge in [-0.15, -0.1) is 0 Å². The second-order valence-corrected chi connectivity index (χ2v) is 14.2. The van der Waals surface area contributed by atoms with Crippen molar-refractivity contribution in [3.05, 3.63) is 53.9 Å². The lowest BCUT2D eigenvalue weighted by atomic mass is 9.77. The molecule has 2 fully saturated rings. The average molecular weight is 625 g/mol. The molecule has 4 heterocycles. The number of rotatable bonds is 6. The fraction of sp³-hybridized carbons (Fsp3) is 0.457. The van der Waals surface area contributed by atoms with Gasteiger partial charge >= 0.3 is 13.2 Å². The number of carboxylic acid groups (broad SMARTS) is 1. The molecule has 1 unspecified atom stereocenters. The number of amides is 1. The minimum Gasteiger partial charge on any atom is -0.488 e. The Morgan fingerprint density at radius 2 is 1.87 bits per heavy atom.